The van der Waals surface area contributed by atoms with Crippen molar-refractivity contribution in [2.45, 2.75) is 51.8 Å². The highest BCUT2D eigenvalue weighted by molar-refractivity contribution is 6.06. The normalized spacial score (nSPS) is 21.3. The third-order valence-electron chi connectivity index (χ3n) is 3.93. The quantitative estimate of drug-likeness (QED) is 0.841. The van der Waals surface area contributed by atoms with Crippen molar-refractivity contribution in [3.63, 3.8) is 0 Å². The lowest BCUT2D eigenvalue weighted by molar-refractivity contribution is -0.136. The van der Waals surface area contributed by atoms with Gasteiger partial charge in [0.1, 0.15) is 17.4 Å². The first-order valence-corrected chi connectivity index (χ1v) is 7.72. The largest absolute Gasteiger partial charge is 0.487 e. The second kappa shape index (κ2) is 5.37. The Bertz CT molecular complexity index is 690. The van der Waals surface area contributed by atoms with Crippen molar-refractivity contribution < 1.29 is 19.1 Å². The molecular weight excluding hydrogens is 296 g/mol. The maximum atomic E-state index is 12.8. The molecule has 2 aliphatic rings. The van der Waals surface area contributed by atoms with Crippen LogP contribution in [-0.4, -0.2) is 34.3 Å². The fourth-order valence-electron chi connectivity index (χ4n) is 3.00. The first-order valence-electron chi connectivity index (χ1n) is 7.72. The molecule has 3 amide bonds. The molecule has 0 radical (unpaired) electrons. The van der Waals surface area contributed by atoms with Crippen LogP contribution in [0.4, 0.5) is 0 Å². The van der Waals surface area contributed by atoms with Gasteiger partial charge in [0.25, 0.3) is 5.91 Å². The monoisotopic (exact) mass is 316 g/mol. The number of hydrogen-bond acceptors (Lipinski definition) is 4. The molecule has 0 saturated carbocycles. The van der Waals surface area contributed by atoms with Crippen molar-refractivity contribution in [1.82, 2.24) is 10.2 Å². The number of piperidine rings is 1. The summed E-state index contributed by atoms with van der Waals surface area (Å²) in [5, 5.41) is 2.30. The Balaban J connectivity index is 1.89. The van der Waals surface area contributed by atoms with E-state index in [0.29, 0.717) is 24.3 Å². The highest BCUT2D eigenvalue weighted by Crippen LogP contribution is 2.34. The van der Waals surface area contributed by atoms with Crippen molar-refractivity contribution in [3.05, 3.63) is 29.3 Å². The summed E-state index contributed by atoms with van der Waals surface area (Å²) in [7, 11) is 0. The number of fused-ring (bicyclic) bond motifs is 1. The Morgan fingerprint density at radius 1 is 1.22 bits per heavy atom. The number of nitrogens with zero attached hydrogens (tertiary/aromatic N) is 1. The van der Waals surface area contributed by atoms with E-state index in [2.05, 4.69) is 5.32 Å². The first-order chi connectivity index (χ1) is 10.8. The zero-order valence-electron chi connectivity index (χ0n) is 13.5. The van der Waals surface area contributed by atoms with Crippen LogP contribution in [0.25, 0.3) is 0 Å². The van der Waals surface area contributed by atoms with E-state index in [1.807, 2.05) is 32.9 Å². The molecule has 1 aromatic carbocycles. The van der Waals surface area contributed by atoms with Crippen LogP contribution in [0.3, 0.4) is 0 Å². The van der Waals surface area contributed by atoms with Crippen molar-refractivity contribution in [2.75, 3.05) is 0 Å². The second-order valence-electron chi connectivity index (χ2n) is 6.90. The van der Waals surface area contributed by atoms with Crippen LogP contribution in [-0.2, 0) is 16.1 Å². The molecule has 1 saturated heterocycles. The molecule has 23 heavy (non-hydrogen) atoms. The van der Waals surface area contributed by atoms with Crippen LogP contribution in [0.1, 0.15) is 49.5 Å². The number of amides is 3. The van der Waals surface area contributed by atoms with E-state index in [1.165, 1.54) is 4.90 Å². The Labute approximate surface area is 134 Å². The van der Waals surface area contributed by atoms with Gasteiger partial charge in [-0.25, -0.2) is 0 Å². The maximum Gasteiger partial charge on any atom is 0.258 e. The lowest BCUT2D eigenvalue weighted by Gasteiger charge is -2.29. The standard InChI is InChI=1S/C17H20N2O4/c1-17(2,3)23-12-6-4-5-10-9-19(16(22)14(10)12)11-7-8-13(20)18-15(11)21/h4-6,11H,7-9H2,1-3H3,(H,18,20,21). The molecule has 2 heterocycles. The predicted octanol–water partition coefficient (Wildman–Crippen LogP) is 1.62. The van der Waals surface area contributed by atoms with Crippen LogP contribution >= 0.6 is 0 Å². The van der Waals surface area contributed by atoms with Gasteiger partial charge in [-0.3, -0.25) is 19.7 Å². The minimum Gasteiger partial charge on any atom is -0.487 e. The zero-order valence-corrected chi connectivity index (χ0v) is 13.5. The van der Waals surface area contributed by atoms with Gasteiger partial charge in [0, 0.05) is 13.0 Å². The van der Waals surface area contributed by atoms with E-state index in [4.69, 9.17) is 4.74 Å². The molecule has 2 aliphatic heterocycles. The highest BCUT2D eigenvalue weighted by atomic mass is 16.5. The Hall–Kier alpha value is -2.37. The van der Waals surface area contributed by atoms with Gasteiger partial charge in [0.2, 0.25) is 11.8 Å². The van der Waals surface area contributed by atoms with E-state index in [-0.39, 0.29) is 18.2 Å². The Kier molecular flexibility index (Phi) is 3.62. The number of benzene rings is 1. The molecule has 0 bridgehead atoms. The third-order valence-corrected chi connectivity index (χ3v) is 3.93. The molecule has 6 nitrogen and oxygen atoms in total. The number of hydrogen-bond donors (Lipinski definition) is 1. The third kappa shape index (κ3) is 2.93. The van der Waals surface area contributed by atoms with Gasteiger partial charge in [-0.15, -0.1) is 0 Å². The molecule has 0 aromatic heterocycles. The van der Waals surface area contributed by atoms with Gasteiger partial charge >= 0.3 is 0 Å². The summed E-state index contributed by atoms with van der Waals surface area (Å²) >= 11 is 0. The molecule has 122 valence electrons. The summed E-state index contributed by atoms with van der Waals surface area (Å²) in [6.45, 7) is 6.12. The number of nitrogens with one attached hydrogen (secondary N) is 1. The van der Waals surface area contributed by atoms with E-state index < -0.39 is 17.6 Å². The highest BCUT2D eigenvalue weighted by Gasteiger charge is 2.40. The number of ether oxygens (including phenoxy) is 1. The fourth-order valence-corrected chi connectivity index (χ4v) is 3.00. The summed E-state index contributed by atoms with van der Waals surface area (Å²) in [5.74, 6) is -0.364. The van der Waals surface area contributed by atoms with Crippen LogP contribution in [0.2, 0.25) is 0 Å². The molecule has 0 spiro atoms. The molecule has 0 aliphatic carbocycles. The van der Waals surface area contributed by atoms with Crippen molar-refractivity contribution in [3.8, 4) is 5.75 Å². The minimum atomic E-state index is -0.602. The van der Waals surface area contributed by atoms with Crippen molar-refractivity contribution in [2.24, 2.45) is 0 Å². The number of carbonyl (C=O) groups is 3. The van der Waals surface area contributed by atoms with E-state index >= 15 is 0 Å². The molecule has 1 unspecified atom stereocenters. The molecule has 1 N–H and O–H groups in total. The predicted molar refractivity (Wildman–Crippen MR) is 82.9 cm³/mol. The average molecular weight is 316 g/mol. The Morgan fingerprint density at radius 2 is 1.96 bits per heavy atom. The first kappa shape index (κ1) is 15.5. The summed E-state index contributed by atoms with van der Waals surface area (Å²) < 4.78 is 5.89. The molecule has 1 atom stereocenters. The molecule has 1 aromatic rings. The zero-order chi connectivity index (χ0) is 16.8. The SMILES string of the molecule is CC(C)(C)Oc1cccc2c1C(=O)N(C1CCC(=O)NC1=O)C2. The lowest BCUT2D eigenvalue weighted by Crippen LogP contribution is -2.52. The molecule has 3 rings (SSSR count). The summed E-state index contributed by atoms with van der Waals surface area (Å²) in [6, 6.07) is 4.89. The smallest absolute Gasteiger partial charge is 0.258 e. The summed E-state index contributed by atoms with van der Waals surface area (Å²) in [5.41, 5.74) is 0.950. The van der Waals surface area contributed by atoms with Crippen LogP contribution < -0.4 is 10.1 Å². The van der Waals surface area contributed by atoms with E-state index in [1.54, 1.807) is 6.07 Å². The number of rotatable bonds is 2. The van der Waals surface area contributed by atoms with E-state index in [9.17, 15) is 14.4 Å². The average Bonchev–Trinajstić information content (AvgIpc) is 2.75. The Morgan fingerprint density at radius 3 is 2.61 bits per heavy atom. The molecular formula is C17H20N2O4. The van der Waals surface area contributed by atoms with Crippen LogP contribution in [0.5, 0.6) is 5.75 Å². The second-order valence-corrected chi connectivity index (χ2v) is 6.90. The lowest BCUT2D eigenvalue weighted by atomic mass is 10.0. The molecule has 1 fully saturated rings. The summed E-state index contributed by atoms with van der Waals surface area (Å²) in [6.07, 6.45) is 0.613. The number of carbonyl (C=O) groups excluding carboxylic acids is 3. The fraction of sp³-hybridized carbons (Fsp3) is 0.471. The van der Waals surface area contributed by atoms with Gasteiger partial charge in [0.15, 0.2) is 0 Å². The topological polar surface area (TPSA) is 75.7 Å². The maximum absolute atomic E-state index is 12.8. The van der Waals surface area contributed by atoms with Gasteiger partial charge in [-0.05, 0) is 38.8 Å². The minimum absolute atomic E-state index is 0.214. The van der Waals surface area contributed by atoms with Crippen molar-refractivity contribution in [1.29, 1.82) is 0 Å². The van der Waals surface area contributed by atoms with Gasteiger partial charge in [-0.1, -0.05) is 12.1 Å². The summed E-state index contributed by atoms with van der Waals surface area (Å²) in [4.78, 5) is 37.7. The van der Waals surface area contributed by atoms with Gasteiger partial charge in [0.05, 0.1) is 5.56 Å². The van der Waals surface area contributed by atoms with E-state index in [0.717, 1.165) is 5.56 Å². The van der Waals surface area contributed by atoms with Crippen molar-refractivity contribution >= 4 is 17.7 Å². The van der Waals surface area contributed by atoms with Gasteiger partial charge < -0.3 is 9.64 Å². The number of imide groups is 1. The molecule has 6 heteroatoms. The van der Waals surface area contributed by atoms with Gasteiger partial charge in [-0.2, -0.15) is 0 Å². The van der Waals surface area contributed by atoms with Crippen LogP contribution in [0, 0.1) is 0 Å². The van der Waals surface area contributed by atoms with Crippen LogP contribution in [0.15, 0.2) is 18.2 Å².